The summed E-state index contributed by atoms with van der Waals surface area (Å²) in [5.41, 5.74) is 0.504. The molecule has 2 aromatic carbocycles. The fourth-order valence-corrected chi connectivity index (χ4v) is 3.08. The van der Waals surface area contributed by atoms with Crippen molar-refractivity contribution in [2.24, 2.45) is 0 Å². The van der Waals surface area contributed by atoms with Crippen LogP contribution in [0.1, 0.15) is 18.9 Å². The lowest BCUT2D eigenvalue weighted by atomic mass is 10.1. The van der Waals surface area contributed by atoms with Crippen LogP contribution in [0.15, 0.2) is 36.4 Å². The maximum absolute atomic E-state index is 12.4. The molecule has 178 valence electrons. The van der Waals surface area contributed by atoms with Crippen molar-refractivity contribution < 1.29 is 33.8 Å². The number of carbonyl (C=O) groups excluding carboxylic acids is 1. The monoisotopic (exact) mass is 461 g/mol. The summed E-state index contributed by atoms with van der Waals surface area (Å²) in [5.74, 6) is -0.451. The minimum atomic E-state index is -1.21. The van der Waals surface area contributed by atoms with Crippen molar-refractivity contribution in [3.05, 3.63) is 52.1 Å². The number of amides is 1. The van der Waals surface area contributed by atoms with E-state index in [0.717, 1.165) is 5.56 Å². The van der Waals surface area contributed by atoms with Crippen LogP contribution in [0.25, 0.3) is 0 Å². The highest BCUT2D eigenvalue weighted by molar-refractivity contribution is 5.96. The second-order valence-electron chi connectivity index (χ2n) is 6.91. The van der Waals surface area contributed by atoms with E-state index < -0.39 is 29.3 Å². The number of nitrogens with zero attached hydrogens (tertiary/aromatic N) is 1. The maximum atomic E-state index is 12.4. The molecule has 0 spiro atoms. The second-order valence-corrected chi connectivity index (χ2v) is 6.91. The van der Waals surface area contributed by atoms with Crippen molar-refractivity contribution >= 4 is 23.3 Å². The SMILES string of the molecule is CCOc1ccc(NC(=O)CC(NCCc2ccc(OC)c(OC)c2)C(=O)O)c([N+](=O)[O-])c1. The van der Waals surface area contributed by atoms with Gasteiger partial charge in [0.15, 0.2) is 11.5 Å². The van der Waals surface area contributed by atoms with Gasteiger partial charge in [-0.3, -0.25) is 19.7 Å². The van der Waals surface area contributed by atoms with Crippen LogP contribution in [0.5, 0.6) is 17.2 Å². The quantitative estimate of drug-likeness (QED) is 0.302. The summed E-state index contributed by atoms with van der Waals surface area (Å²) in [6, 6.07) is 8.23. The fourth-order valence-electron chi connectivity index (χ4n) is 3.08. The summed E-state index contributed by atoms with van der Waals surface area (Å²) >= 11 is 0. The highest BCUT2D eigenvalue weighted by Gasteiger charge is 2.23. The lowest BCUT2D eigenvalue weighted by Crippen LogP contribution is -2.40. The molecule has 11 heteroatoms. The van der Waals surface area contributed by atoms with Crippen LogP contribution in [0.3, 0.4) is 0 Å². The fraction of sp³-hybridized carbons (Fsp3) is 0.364. The molecule has 33 heavy (non-hydrogen) atoms. The van der Waals surface area contributed by atoms with Gasteiger partial charge < -0.3 is 30.0 Å². The summed E-state index contributed by atoms with van der Waals surface area (Å²) in [7, 11) is 3.05. The third-order valence-electron chi connectivity index (χ3n) is 4.69. The van der Waals surface area contributed by atoms with E-state index in [1.54, 1.807) is 19.1 Å². The van der Waals surface area contributed by atoms with Crippen molar-refractivity contribution in [3.63, 3.8) is 0 Å². The van der Waals surface area contributed by atoms with Crippen LogP contribution in [0.4, 0.5) is 11.4 Å². The summed E-state index contributed by atoms with van der Waals surface area (Å²) in [6.07, 6.45) is 0.0712. The lowest BCUT2D eigenvalue weighted by molar-refractivity contribution is -0.384. The Balaban J connectivity index is 1.99. The lowest BCUT2D eigenvalue weighted by Gasteiger charge is -2.15. The minimum Gasteiger partial charge on any atom is -0.494 e. The zero-order chi connectivity index (χ0) is 24.4. The van der Waals surface area contributed by atoms with Crippen molar-refractivity contribution in [2.45, 2.75) is 25.8 Å². The van der Waals surface area contributed by atoms with Gasteiger partial charge >= 0.3 is 5.97 Å². The number of nitro benzene ring substituents is 1. The Bertz CT molecular complexity index is 996. The first kappa shape index (κ1) is 25.4. The predicted molar refractivity (Wildman–Crippen MR) is 120 cm³/mol. The molecule has 0 radical (unpaired) electrons. The molecule has 0 saturated heterocycles. The van der Waals surface area contributed by atoms with Gasteiger partial charge in [0.1, 0.15) is 17.5 Å². The van der Waals surface area contributed by atoms with Gasteiger partial charge in [0, 0.05) is 0 Å². The molecule has 2 aromatic rings. The highest BCUT2D eigenvalue weighted by atomic mass is 16.6. The minimum absolute atomic E-state index is 0.0390. The van der Waals surface area contributed by atoms with Crippen LogP contribution < -0.4 is 24.8 Å². The van der Waals surface area contributed by atoms with Crippen molar-refractivity contribution in [2.75, 3.05) is 32.7 Å². The number of aliphatic carboxylic acids is 1. The van der Waals surface area contributed by atoms with E-state index >= 15 is 0 Å². The number of anilines is 1. The molecule has 0 aromatic heterocycles. The third-order valence-corrected chi connectivity index (χ3v) is 4.69. The molecule has 0 aliphatic rings. The number of benzene rings is 2. The number of nitro groups is 1. The Hall–Kier alpha value is -3.86. The van der Waals surface area contributed by atoms with Crippen LogP contribution in [-0.4, -0.2) is 55.3 Å². The molecule has 1 atom stereocenters. The van der Waals surface area contributed by atoms with E-state index in [2.05, 4.69) is 10.6 Å². The Labute approximate surface area is 190 Å². The van der Waals surface area contributed by atoms with E-state index in [9.17, 15) is 24.8 Å². The van der Waals surface area contributed by atoms with Crippen molar-refractivity contribution in [1.82, 2.24) is 5.32 Å². The zero-order valence-corrected chi connectivity index (χ0v) is 18.6. The molecule has 3 N–H and O–H groups in total. The highest BCUT2D eigenvalue weighted by Crippen LogP contribution is 2.29. The standard InChI is InChI=1S/C22H27N3O8/c1-4-33-15-6-7-16(18(12-15)25(29)30)24-21(26)13-17(22(27)28)23-10-9-14-5-8-19(31-2)20(11-14)32-3/h5-8,11-12,17,23H,4,9-10,13H2,1-3H3,(H,24,26)(H,27,28). The maximum Gasteiger partial charge on any atom is 0.321 e. The number of rotatable bonds is 13. The van der Waals surface area contributed by atoms with Crippen LogP contribution >= 0.6 is 0 Å². The second kappa shape index (κ2) is 12.2. The molecule has 0 fully saturated rings. The first-order chi connectivity index (χ1) is 15.8. The van der Waals surface area contributed by atoms with E-state index in [0.29, 0.717) is 30.3 Å². The average molecular weight is 461 g/mol. The summed E-state index contributed by atoms with van der Waals surface area (Å²) in [6.45, 7) is 2.35. The molecule has 0 bridgehead atoms. The molecule has 2 rings (SSSR count). The number of carbonyl (C=O) groups is 2. The molecular formula is C22H27N3O8. The first-order valence-corrected chi connectivity index (χ1v) is 10.2. The van der Waals surface area contributed by atoms with Crippen LogP contribution in [0, 0.1) is 10.1 Å². The van der Waals surface area contributed by atoms with Gasteiger partial charge in [-0.1, -0.05) is 6.07 Å². The number of hydrogen-bond acceptors (Lipinski definition) is 8. The van der Waals surface area contributed by atoms with Crippen LogP contribution in [-0.2, 0) is 16.0 Å². The Morgan fingerprint density at radius 2 is 1.85 bits per heavy atom. The Kier molecular flexibility index (Phi) is 9.43. The van der Waals surface area contributed by atoms with Gasteiger partial charge in [-0.15, -0.1) is 0 Å². The Morgan fingerprint density at radius 3 is 2.45 bits per heavy atom. The van der Waals surface area contributed by atoms with E-state index in [1.807, 2.05) is 6.07 Å². The van der Waals surface area contributed by atoms with Gasteiger partial charge in [0.25, 0.3) is 5.69 Å². The summed E-state index contributed by atoms with van der Waals surface area (Å²) < 4.78 is 15.7. The van der Waals surface area contributed by atoms with Gasteiger partial charge in [-0.25, -0.2) is 0 Å². The van der Waals surface area contributed by atoms with Crippen LogP contribution in [0.2, 0.25) is 0 Å². The molecule has 1 amide bonds. The molecule has 0 saturated carbocycles. The Morgan fingerprint density at radius 1 is 1.12 bits per heavy atom. The van der Waals surface area contributed by atoms with Crippen molar-refractivity contribution in [3.8, 4) is 17.2 Å². The molecule has 0 heterocycles. The molecular weight excluding hydrogens is 434 g/mol. The third kappa shape index (κ3) is 7.35. The molecule has 0 aliphatic carbocycles. The topological polar surface area (TPSA) is 149 Å². The van der Waals surface area contributed by atoms with E-state index in [-0.39, 0.29) is 17.9 Å². The van der Waals surface area contributed by atoms with Gasteiger partial charge in [-0.2, -0.15) is 0 Å². The summed E-state index contributed by atoms with van der Waals surface area (Å²) in [4.78, 5) is 34.7. The van der Waals surface area contributed by atoms with Gasteiger partial charge in [0.2, 0.25) is 5.91 Å². The number of hydrogen-bond donors (Lipinski definition) is 3. The summed E-state index contributed by atoms with van der Waals surface area (Å²) in [5, 5.41) is 26.0. The number of methoxy groups -OCH3 is 2. The number of carboxylic acid groups (broad SMARTS) is 1. The molecule has 0 aliphatic heterocycles. The first-order valence-electron chi connectivity index (χ1n) is 10.2. The predicted octanol–water partition coefficient (Wildman–Crippen LogP) is 2.62. The number of ether oxygens (including phenoxy) is 3. The largest absolute Gasteiger partial charge is 0.494 e. The van der Waals surface area contributed by atoms with E-state index in [4.69, 9.17) is 14.2 Å². The van der Waals surface area contributed by atoms with Gasteiger partial charge in [-0.05, 0) is 49.7 Å². The smallest absolute Gasteiger partial charge is 0.321 e. The zero-order valence-electron chi connectivity index (χ0n) is 18.6. The molecule has 1 unspecified atom stereocenters. The average Bonchev–Trinajstić information content (AvgIpc) is 2.79. The van der Waals surface area contributed by atoms with Crippen molar-refractivity contribution in [1.29, 1.82) is 0 Å². The molecule has 11 nitrogen and oxygen atoms in total. The number of nitrogens with one attached hydrogen (secondary N) is 2. The normalized spacial score (nSPS) is 11.4. The number of carboxylic acids is 1. The van der Waals surface area contributed by atoms with E-state index in [1.165, 1.54) is 32.4 Å². The van der Waals surface area contributed by atoms with Gasteiger partial charge in [0.05, 0.1) is 38.2 Å².